The van der Waals surface area contributed by atoms with Gasteiger partial charge in [-0.25, -0.2) is 0 Å². The van der Waals surface area contributed by atoms with Crippen molar-refractivity contribution < 1.29 is 0 Å². The highest BCUT2D eigenvalue weighted by molar-refractivity contribution is 6.20. The van der Waals surface area contributed by atoms with Crippen LogP contribution in [0.2, 0.25) is 0 Å². The summed E-state index contributed by atoms with van der Waals surface area (Å²) in [6.45, 7) is 3.72. The average Bonchev–Trinajstić information content (AvgIpc) is 2.48. The van der Waals surface area contributed by atoms with E-state index in [2.05, 4.69) is 53.1 Å². The lowest BCUT2D eigenvalue weighted by Crippen LogP contribution is -1.89. The van der Waals surface area contributed by atoms with Crippen LogP contribution in [-0.2, 0) is 0 Å². The molecule has 0 atom stereocenters. The third kappa shape index (κ3) is 1.73. The molecule has 3 aromatic rings. The second-order valence-electron chi connectivity index (χ2n) is 4.40. The van der Waals surface area contributed by atoms with Crippen molar-refractivity contribution in [1.29, 1.82) is 0 Å². The van der Waals surface area contributed by atoms with E-state index in [1.807, 2.05) is 18.3 Å². The molecule has 0 bridgehead atoms. The van der Waals surface area contributed by atoms with Gasteiger partial charge in [0.2, 0.25) is 0 Å². The average molecular weight is 246 g/mol. The van der Waals surface area contributed by atoms with Crippen LogP contribution in [0.4, 0.5) is 5.69 Å². The molecule has 2 heteroatoms. The quantitative estimate of drug-likeness (QED) is 0.473. The van der Waals surface area contributed by atoms with Crippen LogP contribution in [0.3, 0.4) is 0 Å². The molecular formula is C17H14N2. The molecule has 0 saturated heterocycles. The van der Waals surface area contributed by atoms with E-state index in [1.54, 1.807) is 7.05 Å². The van der Waals surface area contributed by atoms with Gasteiger partial charge < -0.3 is 0 Å². The van der Waals surface area contributed by atoms with E-state index in [1.165, 1.54) is 10.8 Å². The normalized spacial score (nSPS) is 11.4. The molecule has 0 aliphatic carbocycles. The summed E-state index contributed by atoms with van der Waals surface area (Å²) in [5.41, 5.74) is 1.94. The Kier molecular flexibility index (Phi) is 2.84. The molecule has 0 amide bonds. The second kappa shape index (κ2) is 4.65. The third-order valence-electron chi connectivity index (χ3n) is 3.36. The van der Waals surface area contributed by atoms with Crippen LogP contribution in [-0.4, -0.2) is 20.0 Å². The number of fused-ring (bicyclic) bond motifs is 3. The monoisotopic (exact) mass is 246 g/mol. The first-order valence-corrected chi connectivity index (χ1v) is 6.19. The molecule has 0 aliphatic rings. The third-order valence-corrected chi connectivity index (χ3v) is 3.36. The maximum Gasteiger partial charge on any atom is 0.0794 e. The maximum absolute atomic E-state index is 4.23. The predicted octanol–water partition coefficient (Wildman–Crippen LogP) is 4.37. The van der Waals surface area contributed by atoms with Gasteiger partial charge in [0.05, 0.1) is 5.69 Å². The Morgan fingerprint density at radius 3 is 1.95 bits per heavy atom. The molecule has 0 saturated carbocycles. The zero-order valence-electron chi connectivity index (χ0n) is 10.8. The highest BCUT2D eigenvalue weighted by Gasteiger charge is 2.11. The minimum Gasteiger partial charge on any atom is -0.296 e. The topological polar surface area (TPSA) is 24.7 Å². The SMILES string of the molecule is C=Nc1c(C=NC)c2ccccc2c2ccccc12. The summed E-state index contributed by atoms with van der Waals surface area (Å²) >= 11 is 0. The number of hydrogen-bond donors (Lipinski definition) is 0. The van der Waals surface area contributed by atoms with Crippen LogP contribution < -0.4 is 0 Å². The van der Waals surface area contributed by atoms with Gasteiger partial charge >= 0.3 is 0 Å². The van der Waals surface area contributed by atoms with E-state index >= 15 is 0 Å². The Morgan fingerprint density at radius 2 is 1.37 bits per heavy atom. The van der Waals surface area contributed by atoms with Crippen LogP contribution >= 0.6 is 0 Å². The van der Waals surface area contributed by atoms with E-state index in [-0.39, 0.29) is 0 Å². The molecule has 0 radical (unpaired) electrons. The first-order chi connectivity index (χ1) is 9.36. The molecule has 0 N–H and O–H groups in total. The lowest BCUT2D eigenvalue weighted by Gasteiger charge is -2.11. The molecule has 0 aromatic heterocycles. The second-order valence-corrected chi connectivity index (χ2v) is 4.40. The van der Waals surface area contributed by atoms with Crippen molar-refractivity contribution in [2.24, 2.45) is 9.98 Å². The minimum absolute atomic E-state index is 0.903. The van der Waals surface area contributed by atoms with Gasteiger partial charge in [-0.1, -0.05) is 48.5 Å². The lowest BCUT2D eigenvalue weighted by atomic mass is 9.95. The first kappa shape index (κ1) is 11.6. The van der Waals surface area contributed by atoms with Crippen molar-refractivity contribution in [2.45, 2.75) is 0 Å². The molecule has 3 rings (SSSR count). The van der Waals surface area contributed by atoms with Crippen LogP contribution in [0.15, 0.2) is 58.5 Å². The zero-order chi connectivity index (χ0) is 13.2. The predicted molar refractivity (Wildman–Crippen MR) is 84.2 cm³/mol. The first-order valence-electron chi connectivity index (χ1n) is 6.19. The minimum atomic E-state index is 0.903. The smallest absolute Gasteiger partial charge is 0.0794 e. The van der Waals surface area contributed by atoms with Crippen LogP contribution in [0.5, 0.6) is 0 Å². The molecule has 0 aliphatic heterocycles. The maximum atomic E-state index is 4.23. The Hall–Kier alpha value is -2.48. The summed E-state index contributed by atoms with van der Waals surface area (Å²) in [7, 11) is 1.77. The van der Waals surface area contributed by atoms with Gasteiger partial charge in [-0.05, 0) is 22.9 Å². The van der Waals surface area contributed by atoms with Crippen LogP contribution in [0.1, 0.15) is 5.56 Å². The number of nitrogens with zero attached hydrogens (tertiary/aromatic N) is 2. The Morgan fingerprint density at radius 1 is 0.842 bits per heavy atom. The zero-order valence-corrected chi connectivity index (χ0v) is 10.8. The van der Waals surface area contributed by atoms with E-state index in [0.29, 0.717) is 0 Å². The number of benzene rings is 3. The summed E-state index contributed by atoms with van der Waals surface area (Å²) in [4.78, 5) is 8.38. The van der Waals surface area contributed by atoms with Gasteiger partial charge in [0, 0.05) is 24.2 Å². The molecule has 2 nitrogen and oxygen atoms in total. The summed E-state index contributed by atoms with van der Waals surface area (Å²) in [6, 6.07) is 16.6. The molecule has 0 heterocycles. The Bertz CT molecular complexity index is 801. The van der Waals surface area contributed by atoms with Crippen LogP contribution in [0, 0.1) is 0 Å². The van der Waals surface area contributed by atoms with Gasteiger partial charge in [-0.3, -0.25) is 9.98 Å². The Labute approximate surface area is 112 Å². The van der Waals surface area contributed by atoms with E-state index in [4.69, 9.17) is 0 Å². The summed E-state index contributed by atoms with van der Waals surface area (Å²) in [6.07, 6.45) is 1.86. The van der Waals surface area contributed by atoms with Gasteiger partial charge in [-0.15, -0.1) is 0 Å². The summed E-state index contributed by atoms with van der Waals surface area (Å²) in [5, 5.41) is 4.70. The molecule has 19 heavy (non-hydrogen) atoms. The van der Waals surface area contributed by atoms with Crippen molar-refractivity contribution in [1.82, 2.24) is 0 Å². The fraction of sp³-hybridized carbons (Fsp3) is 0.0588. The van der Waals surface area contributed by atoms with Crippen molar-refractivity contribution >= 4 is 40.2 Å². The van der Waals surface area contributed by atoms with Crippen molar-refractivity contribution in [3.05, 3.63) is 54.1 Å². The highest BCUT2D eigenvalue weighted by atomic mass is 14.7. The van der Waals surface area contributed by atoms with Gasteiger partial charge in [0.15, 0.2) is 0 Å². The van der Waals surface area contributed by atoms with E-state index in [9.17, 15) is 0 Å². The molecule has 92 valence electrons. The lowest BCUT2D eigenvalue weighted by molar-refractivity contribution is 1.46. The van der Waals surface area contributed by atoms with Gasteiger partial charge in [-0.2, -0.15) is 0 Å². The van der Waals surface area contributed by atoms with E-state index < -0.39 is 0 Å². The Balaban J connectivity index is 2.64. The molecule has 0 spiro atoms. The fourth-order valence-corrected chi connectivity index (χ4v) is 2.58. The van der Waals surface area contributed by atoms with Crippen molar-refractivity contribution in [3.8, 4) is 0 Å². The summed E-state index contributed by atoms with van der Waals surface area (Å²) < 4.78 is 0. The summed E-state index contributed by atoms with van der Waals surface area (Å²) in [5.74, 6) is 0. The number of rotatable bonds is 2. The highest BCUT2D eigenvalue weighted by Crippen LogP contribution is 2.36. The van der Waals surface area contributed by atoms with Crippen LogP contribution in [0.25, 0.3) is 21.5 Å². The van der Waals surface area contributed by atoms with Crippen molar-refractivity contribution in [3.63, 3.8) is 0 Å². The van der Waals surface area contributed by atoms with Gasteiger partial charge in [0.25, 0.3) is 0 Å². The largest absolute Gasteiger partial charge is 0.296 e. The number of aliphatic imine (C=N–C) groups is 2. The molecule has 3 aromatic carbocycles. The standard InChI is InChI=1S/C17H14N2/c1-18-11-16-14-9-4-3-7-12(14)13-8-5-6-10-15(13)17(16)19-2/h3-11H,2H2,1H3. The number of hydrogen-bond acceptors (Lipinski definition) is 2. The van der Waals surface area contributed by atoms with Gasteiger partial charge in [0.1, 0.15) is 0 Å². The molecule has 0 unspecified atom stereocenters. The van der Waals surface area contributed by atoms with Crippen molar-refractivity contribution in [2.75, 3.05) is 7.05 Å². The molecular weight excluding hydrogens is 232 g/mol. The van der Waals surface area contributed by atoms with E-state index in [0.717, 1.165) is 22.0 Å². The molecule has 0 fully saturated rings. The fourth-order valence-electron chi connectivity index (χ4n) is 2.58.